The summed E-state index contributed by atoms with van der Waals surface area (Å²) < 4.78 is 0. The Labute approximate surface area is 104 Å². The van der Waals surface area contributed by atoms with Crippen molar-refractivity contribution >= 4 is 34.9 Å². The Hall–Kier alpha value is -1.06. The van der Waals surface area contributed by atoms with Crippen LogP contribution < -0.4 is 5.32 Å². The molecular formula is C11H11Cl2NO2. The van der Waals surface area contributed by atoms with Gasteiger partial charge in [-0.3, -0.25) is 9.59 Å². The van der Waals surface area contributed by atoms with Crippen LogP contribution in [0.4, 0.5) is 0 Å². The van der Waals surface area contributed by atoms with Crippen LogP contribution in [0.15, 0.2) is 18.2 Å². The molecule has 1 aromatic rings. The lowest BCUT2D eigenvalue weighted by atomic mass is 10.2. The van der Waals surface area contributed by atoms with Crippen molar-refractivity contribution in [3.8, 4) is 0 Å². The van der Waals surface area contributed by atoms with Crippen LogP contribution in [0.1, 0.15) is 24.2 Å². The molecule has 1 N–H and O–H groups in total. The molecule has 0 fully saturated rings. The molecule has 1 rings (SSSR count). The molecule has 0 saturated carbocycles. The van der Waals surface area contributed by atoms with Crippen molar-refractivity contribution in [2.75, 3.05) is 0 Å². The molecule has 1 atom stereocenters. The van der Waals surface area contributed by atoms with Gasteiger partial charge in [0.25, 0.3) is 5.91 Å². The smallest absolute Gasteiger partial charge is 0.253 e. The fourth-order valence-electron chi connectivity index (χ4n) is 1.05. The van der Waals surface area contributed by atoms with Gasteiger partial charge < -0.3 is 5.32 Å². The number of hydrogen-bond donors (Lipinski definition) is 1. The van der Waals surface area contributed by atoms with Crippen LogP contribution in [0.5, 0.6) is 0 Å². The van der Waals surface area contributed by atoms with Crippen molar-refractivity contribution in [2.45, 2.75) is 19.9 Å². The van der Waals surface area contributed by atoms with Gasteiger partial charge in [-0.1, -0.05) is 23.2 Å². The first kappa shape index (κ1) is 13.0. The third-order valence-electron chi connectivity index (χ3n) is 2.13. The molecule has 1 unspecified atom stereocenters. The summed E-state index contributed by atoms with van der Waals surface area (Å²) in [6.07, 6.45) is 0. The summed E-state index contributed by atoms with van der Waals surface area (Å²) in [5.74, 6) is -0.497. The van der Waals surface area contributed by atoms with Crippen molar-refractivity contribution < 1.29 is 9.59 Å². The molecule has 0 aliphatic carbocycles. The molecular weight excluding hydrogens is 249 g/mol. The predicted octanol–water partition coefficient (Wildman–Crippen LogP) is 2.70. The minimum atomic E-state index is -0.528. The molecule has 0 aliphatic heterocycles. The maximum Gasteiger partial charge on any atom is 0.253 e. The number of carbonyl (C=O) groups excluding carboxylic acids is 2. The van der Waals surface area contributed by atoms with E-state index in [9.17, 15) is 9.59 Å². The monoisotopic (exact) mass is 259 g/mol. The van der Waals surface area contributed by atoms with Gasteiger partial charge in [0.1, 0.15) is 0 Å². The number of ketones is 1. The highest BCUT2D eigenvalue weighted by molar-refractivity contribution is 6.36. The van der Waals surface area contributed by atoms with Gasteiger partial charge in [0, 0.05) is 5.02 Å². The van der Waals surface area contributed by atoms with Gasteiger partial charge in [-0.2, -0.15) is 0 Å². The molecule has 1 aromatic carbocycles. The lowest BCUT2D eigenvalue weighted by Gasteiger charge is -2.11. The highest BCUT2D eigenvalue weighted by Crippen LogP contribution is 2.20. The van der Waals surface area contributed by atoms with Crippen LogP contribution in [0.3, 0.4) is 0 Å². The second kappa shape index (κ2) is 5.32. The lowest BCUT2D eigenvalue weighted by Crippen LogP contribution is -2.37. The summed E-state index contributed by atoms with van der Waals surface area (Å²) in [6, 6.07) is 4.05. The molecule has 0 radical (unpaired) electrons. The number of benzene rings is 1. The highest BCUT2D eigenvalue weighted by Gasteiger charge is 2.15. The molecule has 0 bridgehead atoms. The molecule has 3 nitrogen and oxygen atoms in total. The second-order valence-electron chi connectivity index (χ2n) is 3.43. The normalized spacial score (nSPS) is 12.0. The maximum atomic E-state index is 11.7. The first-order chi connectivity index (χ1) is 7.41. The number of Topliss-reactive ketones (excluding diaryl/α,β-unsaturated/α-hetero) is 1. The SMILES string of the molecule is CC(=O)C(C)NC(=O)c1ccc(Cl)cc1Cl. The van der Waals surface area contributed by atoms with Crippen molar-refractivity contribution in [3.05, 3.63) is 33.8 Å². The Morgan fingerprint density at radius 2 is 1.94 bits per heavy atom. The Bertz CT molecular complexity index is 432. The minimum absolute atomic E-state index is 0.113. The Morgan fingerprint density at radius 1 is 1.31 bits per heavy atom. The summed E-state index contributed by atoms with van der Waals surface area (Å²) in [6.45, 7) is 3.03. The number of hydrogen-bond acceptors (Lipinski definition) is 2. The van der Waals surface area contributed by atoms with E-state index < -0.39 is 6.04 Å². The van der Waals surface area contributed by atoms with Crippen LogP contribution in [-0.4, -0.2) is 17.7 Å². The molecule has 0 heterocycles. The number of carbonyl (C=O) groups is 2. The van der Waals surface area contributed by atoms with Crippen LogP contribution in [-0.2, 0) is 4.79 Å². The number of amides is 1. The summed E-state index contributed by atoms with van der Waals surface area (Å²) in [4.78, 5) is 22.7. The van der Waals surface area contributed by atoms with Crippen molar-refractivity contribution in [3.63, 3.8) is 0 Å². The van der Waals surface area contributed by atoms with E-state index >= 15 is 0 Å². The fraction of sp³-hybridized carbons (Fsp3) is 0.273. The molecule has 0 spiro atoms. The molecule has 0 saturated heterocycles. The lowest BCUT2D eigenvalue weighted by molar-refractivity contribution is -0.118. The summed E-state index contributed by atoms with van der Waals surface area (Å²) in [7, 11) is 0. The van der Waals surface area contributed by atoms with Gasteiger partial charge in [-0.15, -0.1) is 0 Å². The van der Waals surface area contributed by atoms with Crippen LogP contribution in [0.2, 0.25) is 10.0 Å². The van der Waals surface area contributed by atoms with Crippen LogP contribution in [0, 0.1) is 0 Å². The highest BCUT2D eigenvalue weighted by atomic mass is 35.5. The number of halogens is 2. The Morgan fingerprint density at radius 3 is 2.44 bits per heavy atom. The first-order valence-corrected chi connectivity index (χ1v) is 5.43. The quantitative estimate of drug-likeness (QED) is 0.908. The first-order valence-electron chi connectivity index (χ1n) is 4.68. The molecule has 5 heteroatoms. The van der Waals surface area contributed by atoms with E-state index in [-0.39, 0.29) is 16.7 Å². The fourth-order valence-corrected chi connectivity index (χ4v) is 1.54. The largest absolute Gasteiger partial charge is 0.342 e. The average molecular weight is 260 g/mol. The zero-order valence-electron chi connectivity index (χ0n) is 8.88. The Balaban J connectivity index is 2.85. The van der Waals surface area contributed by atoms with E-state index in [1.807, 2.05) is 0 Å². The van der Waals surface area contributed by atoms with E-state index in [2.05, 4.69) is 5.32 Å². The molecule has 1 amide bonds. The molecule has 0 aromatic heterocycles. The second-order valence-corrected chi connectivity index (χ2v) is 4.27. The van der Waals surface area contributed by atoms with E-state index in [1.165, 1.54) is 19.1 Å². The van der Waals surface area contributed by atoms with Crippen LogP contribution >= 0.6 is 23.2 Å². The summed E-state index contributed by atoms with van der Waals surface area (Å²) >= 11 is 11.6. The molecule has 86 valence electrons. The molecule has 16 heavy (non-hydrogen) atoms. The van der Waals surface area contributed by atoms with Gasteiger partial charge in [0.05, 0.1) is 16.6 Å². The van der Waals surface area contributed by atoms with Crippen LogP contribution in [0.25, 0.3) is 0 Å². The third-order valence-corrected chi connectivity index (χ3v) is 2.68. The average Bonchev–Trinajstić information content (AvgIpc) is 2.16. The standard InChI is InChI=1S/C11H11Cl2NO2/c1-6(7(2)15)14-11(16)9-4-3-8(12)5-10(9)13/h3-6H,1-2H3,(H,14,16). The Kier molecular flexibility index (Phi) is 4.33. The molecule has 0 aliphatic rings. The van der Waals surface area contributed by atoms with Crippen molar-refractivity contribution in [1.29, 1.82) is 0 Å². The summed E-state index contributed by atoms with van der Waals surface area (Å²) in [5, 5.41) is 3.26. The van der Waals surface area contributed by atoms with E-state index in [1.54, 1.807) is 13.0 Å². The van der Waals surface area contributed by atoms with Gasteiger partial charge in [0.15, 0.2) is 5.78 Å². The van der Waals surface area contributed by atoms with Crippen molar-refractivity contribution in [2.24, 2.45) is 0 Å². The van der Waals surface area contributed by atoms with Crippen molar-refractivity contribution in [1.82, 2.24) is 5.32 Å². The topological polar surface area (TPSA) is 46.2 Å². The van der Waals surface area contributed by atoms with E-state index in [0.717, 1.165) is 0 Å². The van der Waals surface area contributed by atoms with Gasteiger partial charge in [-0.05, 0) is 32.0 Å². The van der Waals surface area contributed by atoms with E-state index in [4.69, 9.17) is 23.2 Å². The number of nitrogens with one attached hydrogen (secondary N) is 1. The maximum absolute atomic E-state index is 11.7. The zero-order valence-corrected chi connectivity index (χ0v) is 10.4. The number of rotatable bonds is 3. The van der Waals surface area contributed by atoms with E-state index in [0.29, 0.717) is 10.6 Å². The zero-order chi connectivity index (χ0) is 12.3. The van der Waals surface area contributed by atoms with Gasteiger partial charge in [-0.25, -0.2) is 0 Å². The third kappa shape index (κ3) is 3.22. The minimum Gasteiger partial charge on any atom is -0.342 e. The van der Waals surface area contributed by atoms with Gasteiger partial charge >= 0.3 is 0 Å². The predicted molar refractivity (Wildman–Crippen MR) is 64.1 cm³/mol. The summed E-state index contributed by atoms with van der Waals surface area (Å²) in [5.41, 5.74) is 0.305. The van der Waals surface area contributed by atoms with Gasteiger partial charge in [0.2, 0.25) is 0 Å².